The van der Waals surface area contributed by atoms with Crippen molar-refractivity contribution in [1.82, 2.24) is 45.3 Å². The maximum absolute atomic E-state index is 15.2. The zero-order valence-corrected chi connectivity index (χ0v) is 43.6. The van der Waals surface area contributed by atoms with Crippen LogP contribution in [0, 0.1) is 17.2 Å². The number of aromatic amines is 1. The number of nitrogens with one attached hydrogen (secondary N) is 3. The number of nitrogens with zero attached hydrogens (tertiary/aromatic N) is 6. The molecule has 17 heteroatoms. The minimum Gasteiger partial charge on any atom is -0.373 e. The van der Waals surface area contributed by atoms with E-state index in [4.69, 9.17) is 4.74 Å². The van der Waals surface area contributed by atoms with Crippen LogP contribution in [0.2, 0.25) is 0 Å². The highest BCUT2D eigenvalue weighted by atomic mass is 19.1. The van der Waals surface area contributed by atoms with Crippen LogP contribution >= 0.6 is 0 Å². The molecule has 7 fully saturated rings. The maximum Gasteiger partial charge on any atom is 0.272 e. The fourth-order valence-electron chi connectivity index (χ4n) is 12.4. The minimum absolute atomic E-state index is 0.00917. The number of rotatable bonds is 18. The maximum atomic E-state index is 15.2. The summed E-state index contributed by atoms with van der Waals surface area (Å²) >= 11 is 0. The van der Waals surface area contributed by atoms with Gasteiger partial charge in [0.25, 0.3) is 17.4 Å². The van der Waals surface area contributed by atoms with Gasteiger partial charge in [0.15, 0.2) is 0 Å². The molecule has 0 radical (unpaired) electrons. The highest BCUT2D eigenvalue weighted by Crippen LogP contribution is 2.50. The van der Waals surface area contributed by atoms with Gasteiger partial charge in [-0.05, 0) is 112 Å². The van der Waals surface area contributed by atoms with E-state index in [9.17, 15) is 28.8 Å². The molecule has 4 aliphatic heterocycles. The van der Waals surface area contributed by atoms with Gasteiger partial charge in [-0.1, -0.05) is 62.6 Å². The summed E-state index contributed by atoms with van der Waals surface area (Å²) < 4.78 is 21.9. The molecule has 4 aromatic rings. The third-order valence-electron chi connectivity index (χ3n) is 17.2. The summed E-state index contributed by atoms with van der Waals surface area (Å²) in [4.78, 5) is 91.5. The number of amides is 5. The molecule has 3 aliphatic carbocycles. The molecule has 400 valence electrons. The quantitative estimate of drug-likeness (QED) is 0.118. The van der Waals surface area contributed by atoms with E-state index in [-0.39, 0.29) is 46.3 Å². The van der Waals surface area contributed by atoms with Crippen molar-refractivity contribution in [3.05, 3.63) is 111 Å². The van der Waals surface area contributed by atoms with Gasteiger partial charge in [0.2, 0.25) is 17.7 Å². The zero-order chi connectivity index (χ0) is 52.1. The van der Waals surface area contributed by atoms with Crippen LogP contribution < -0.4 is 16.2 Å². The number of hydrogen-bond acceptors (Lipinski definition) is 10. The van der Waals surface area contributed by atoms with Crippen molar-refractivity contribution in [2.45, 2.75) is 114 Å². The van der Waals surface area contributed by atoms with Crippen molar-refractivity contribution in [1.29, 1.82) is 0 Å². The fraction of sp³-hybridized carbons (Fsp3) is 0.569. The van der Waals surface area contributed by atoms with Crippen LogP contribution in [0.15, 0.2) is 71.5 Å². The standard InChI is InChI=1S/C58H74FN9O7/c1-2-24-65(50(69)37-60-44-16-17-44)25-19-40-9-8-12-43(34-40)52(70)61-51(42-10-4-3-5-11-42)55(73)67-28-26-64(27-29-67)38-58-22-20-57(21-23-58,39-75-58)56(74)68-32-30-66(31-33-68)54(72)47-35-41(15-18-48(47)59)36-49-45-13-6-7-14-46(45)53(71)63-62-49/h6-9,12-15,18,34-35,42,44,51,60H,2-5,10-11,16-17,19-33,36-39H2,1H3,(H,61,70)(H,63,71). The molecule has 3 N–H and O–H groups in total. The van der Waals surface area contributed by atoms with Crippen molar-refractivity contribution < 1.29 is 33.1 Å². The van der Waals surface area contributed by atoms with Crippen molar-refractivity contribution >= 4 is 40.3 Å². The van der Waals surface area contributed by atoms with Crippen LogP contribution in [-0.2, 0) is 32.0 Å². The van der Waals surface area contributed by atoms with Gasteiger partial charge in [0.1, 0.15) is 11.9 Å². The zero-order valence-electron chi connectivity index (χ0n) is 43.6. The highest BCUT2D eigenvalue weighted by molar-refractivity contribution is 5.98. The lowest BCUT2D eigenvalue weighted by Gasteiger charge is -2.55. The molecule has 5 heterocycles. The smallest absolute Gasteiger partial charge is 0.272 e. The van der Waals surface area contributed by atoms with E-state index in [1.165, 1.54) is 6.07 Å². The fourth-order valence-corrected chi connectivity index (χ4v) is 12.4. The number of aromatic nitrogens is 2. The van der Waals surface area contributed by atoms with E-state index in [1.54, 1.807) is 29.2 Å². The van der Waals surface area contributed by atoms with Crippen molar-refractivity contribution in [3.8, 4) is 0 Å². The second kappa shape index (κ2) is 23.1. The van der Waals surface area contributed by atoms with Crippen molar-refractivity contribution in [2.75, 3.05) is 85.1 Å². The first-order valence-corrected chi connectivity index (χ1v) is 27.8. The molecule has 7 aliphatic rings. The molecule has 4 saturated heterocycles. The van der Waals surface area contributed by atoms with Crippen LogP contribution in [0.4, 0.5) is 4.39 Å². The Morgan fingerprint density at radius 1 is 0.800 bits per heavy atom. The third-order valence-corrected chi connectivity index (χ3v) is 17.2. The first kappa shape index (κ1) is 52.4. The summed E-state index contributed by atoms with van der Waals surface area (Å²) in [6.07, 6.45) is 12.1. The number of fused-ring (bicyclic) bond motifs is 4. The second-order valence-electron chi connectivity index (χ2n) is 22.3. The van der Waals surface area contributed by atoms with E-state index in [1.807, 2.05) is 51.1 Å². The van der Waals surface area contributed by atoms with E-state index >= 15 is 4.39 Å². The third kappa shape index (κ3) is 12.0. The molecule has 5 amide bonds. The van der Waals surface area contributed by atoms with Gasteiger partial charge in [-0.2, -0.15) is 5.10 Å². The number of halogens is 1. The number of ether oxygens (including phenoxy) is 1. The highest BCUT2D eigenvalue weighted by Gasteiger charge is 2.55. The number of benzene rings is 3. The van der Waals surface area contributed by atoms with Crippen LogP contribution in [-0.4, -0.2) is 167 Å². The molecule has 3 aromatic carbocycles. The number of carbonyl (C=O) groups is 5. The first-order chi connectivity index (χ1) is 36.4. The number of carbonyl (C=O) groups excluding carboxylic acids is 5. The Morgan fingerprint density at radius 2 is 1.52 bits per heavy atom. The SMILES string of the molecule is CCCN(CCc1cccc(C(=O)NC(C(=O)N2CCN(CC34CCC(C(=O)N5CCN(C(=O)c6cc(Cc7n[nH]c(=O)c8ccccc78)ccc6F)CC5)(CC3)CO4)CC2)C2CCCCC2)c1)C(=O)CNC1CC1. The van der Waals surface area contributed by atoms with Gasteiger partial charge in [-0.15, -0.1) is 0 Å². The average Bonchev–Trinajstić information content (AvgIpc) is 4.29. The molecule has 1 aromatic heterocycles. The summed E-state index contributed by atoms with van der Waals surface area (Å²) in [5.41, 5.74) is 1.53. The van der Waals surface area contributed by atoms with Gasteiger partial charge < -0.3 is 35.0 Å². The minimum atomic E-state index is -0.613. The molecular formula is C58H74FN9O7. The lowest BCUT2D eigenvalue weighted by Crippen LogP contribution is -2.64. The number of H-pyrrole nitrogens is 1. The van der Waals surface area contributed by atoms with Gasteiger partial charge in [0.05, 0.1) is 40.8 Å². The van der Waals surface area contributed by atoms with Gasteiger partial charge in [-0.3, -0.25) is 33.7 Å². The summed E-state index contributed by atoms with van der Waals surface area (Å²) in [5, 5.41) is 14.6. The molecule has 1 unspecified atom stereocenters. The van der Waals surface area contributed by atoms with E-state index < -0.39 is 23.2 Å². The molecule has 11 rings (SSSR count). The van der Waals surface area contributed by atoms with E-state index in [0.717, 1.165) is 89.2 Å². The van der Waals surface area contributed by atoms with Crippen molar-refractivity contribution in [3.63, 3.8) is 0 Å². The predicted molar refractivity (Wildman–Crippen MR) is 283 cm³/mol. The van der Waals surface area contributed by atoms with E-state index in [0.29, 0.717) is 125 Å². The topological polar surface area (TPSA) is 181 Å². The normalized spacial score (nSPS) is 22.8. The Hall–Kier alpha value is -6.04. The Balaban J connectivity index is 0.689. The molecule has 75 heavy (non-hydrogen) atoms. The van der Waals surface area contributed by atoms with E-state index in [2.05, 4.69) is 32.7 Å². The van der Waals surface area contributed by atoms with Gasteiger partial charge in [-0.25, -0.2) is 9.49 Å². The Kier molecular flexibility index (Phi) is 16.1. The lowest BCUT2D eigenvalue weighted by molar-refractivity contribution is -0.203. The molecule has 16 nitrogen and oxygen atoms in total. The first-order valence-electron chi connectivity index (χ1n) is 27.8. The average molecular weight is 1030 g/mol. The Morgan fingerprint density at radius 3 is 2.23 bits per heavy atom. The number of hydrogen-bond donors (Lipinski definition) is 3. The molecule has 2 bridgehead atoms. The lowest BCUT2D eigenvalue weighted by atomic mass is 9.65. The van der Waals surface area contributed by atoms with Crippen LogP contribution in [0.25, 0.3) is 10.8 Å². The Bertz CT molecular complexity index is 2770. The second-order valence-corrected chi connectivity index (χ2v) is 22.3. The van der Waals surface area contributed by atoms with Crippen molar-refractivity contribution in [2.24, 2.45) is 11.3 Å². The van der Waals surface area contributed by atoms with Crippen LogP contribution in [0.1, 0.15) is 122 Å². The molecule has 1 atom stereocenters. The van der Waals surface area contributed by atoms with Crippen LogP contribution in [0.3, 0.4) is 0 Å². The summed E-state index contributed by atoms with van der Waals surface area (Å²) in [6, 6.07) is 19.1. The largest absolute Gasteiger partial charge is 0.373 e. The van der Waals surface area contributed by atoms with Gasteiger partial charge >= 0.3 is 0 Å². The Labute approximate surface area is 439 Å². The summed E-state index contributed by atoms with van der Waals surface area (Å²) in [5.74, 6) is -1.03. The van der Waals surface area contributed by atoms with Crippen LogP contribution in [0.5, 0.6) is 0 Å². The summed E-state index contributed by atoms with van der Waals surface area (Å²) in [7, 11) is 0. The monoisotopic (exact) mass is 1030 g/mol. The summed E-state index contributed by atoms with van der Waals surface area (Å²) in [6.45, 7) is 8.61. The molecule has 3 saturated carbocycles. The van der Waals surface area contributed by atoms with Gasteiger partial charge in [0, 0.05) is 95.4 Å². The number of piperazine rings is 2. The molecular weight excluding hydrogens is 954 g/mol. The molecule has 0 spiro atoms. The predicted octanol–water partition coefficient (Wildman–Crippen LogP) is 5.32.